The third-order valence-corrected chi connectivity index (χ3v) is 8.89. The fourth-order valence-corrected chi connectivity index (χ4v) is 6.70. The number of ether oxygens (including phenoxy) is 1. The van der Waals surface area contributed by atoms with Gasteiger partial charge in [-0.3, -0.25) is 0 Å². The topological polar surface area (TPSA) is 55.0 Å². The summed E-state index contributed by atoms with van der Waals surface area (Å²) in [5, 5.41) is 0.551. The van der Waals surface area contributed by atoms with Gasteiger partial charge in [-0.2, -0.15) is 4.99 Å². The summed E-state index contributed by atoms with van der Waals surface area (Å²) in [6, 6.07) is 16.7. The highest BCUT2D eigenvalue weighted by Gasteiger charge is 2.39. The van der Waals surface area contributed by atoms with Gasteiger partial charge in [-0.1, -0.05) is 57.5 Å². The van der Waals surface area contributed by atoms with Crippen molar-refractivity contribution in [1.82, 2.24) is 0 Å². The lowest BCUT2D eigenvalue weighted by molar-refractivity contribution is 0.122. The summed E-state index contributed by atoms with van der Waals surface area (Å²) in [5.41, 5.74) is 7.41. The van der Waals surface area contributed by atoms with Gasteiger partial charge in [0.2, 0.25) is 0 Å². The van der Waals surface area contributed by atoms with Crippen LogP contribution < -0.4 is 10.3 Å². The van der Waals surface area contributed by atoms with Crippen LogP contribution >= 0.6 is 0 Å². The van der Waals surface area contributed by atoms with Crippen LogP contribution in [0.15, 0.2) is 87.9 Å². The van der Waals surface area contributed by atoms with Crippen molar-refractivity contribution < 1.29 is 13.9 Å². The largest absolute Gasteiger partial charge is 0.456 e. The number of para-hydroxylation sites is 1. The van der Waals surface area contributed by atoms with Crippen molar-refractivity contribution in [3.8, 4) is 11.3 Å². The Morgan fingerprint density at radius 2 is 1.95 bits per heavy atom. The Morgan fingerprint density at radius 3 is 2.83 bits per heavy atom. The maximum absolute atomic E-state index is 12.6. The molecular weight excluding hydrogens is 520 g/mol. The Bertz CT molecular complexity index is 1590. The number of nitrogens with zero attached hydrogens (tertiary/aromatic N) is 2. The van der Waals surface area contributed by atoms with E-state index in [1.165, 1.54) is 40.9 Å². The average molecular weight is 563 g/mol. The van der Waals surface area contributed by atoms with E-state index in [2.05, 4.69) is 79.2 Å². The van der Waals surface area contributed by atoms with Gasteiger partial charge in [0.05, 0.1) is 5.36 Å². The predicted molar refractivity (Wildman–Crippen MR) is 169 cm³/mol. The molecular formula is C37H42N2O3. The molecule has 2 heterocycles. The molecule has 1 amide bonds. The second kappa shape index (κ2) is 12.2. The standard InChI is InChI=1S/C37H42N2O3/c1-4-23-39-32-18-11-10-17-31(32)37(2,3)34(39)22-20-26-13-12-14-28-24-27-19-21-29(25-33(27)42-35(26)28)38-36(40)41-30-15-8-6-5-7-9-16-30/h8,10-11,15,17-22,24-25,30H,4-7,9,12-14,16,23H2,1-3H3/b15-8+,26-20+,34-22+,38-29+/t30-/m1/s1. The number of aryl methyl sites for hydroxylation is 1. The molecule has 0 saturated heterocycles. The fraction of sp³-hybridized carbons (Fsp3) is 0.405. The summed E-state index contributed by atoms with van der Waals surface area (Å²) >= 11 is 0. The van der Waals surface area contributed by atoms with Gasteiger partial charge in [0.25, 0.3) is 0 Å². The van der Waals surface area contributed by atoms with E-state index in [1.54, 1.807) is 0 Å². The Labute approximate surface area is 249 Å². The molecule has 0 aromatic heterocycles. The van der Waals surface area contributed by atoms with E-state index in [9.17, 15) is 4.79 Å². The maximum Gasteiger partial charge on any atom is 0.434 e. The molecule has 42 heavy (non-hydrogen) atoms. The van der Waals surface area contributed by atoms with E-state index in [0.29, 0.717) is 5.36 Å². The molecule has 5 heteroatoms. The van der Waals surface area contributed by atoms with E-state index >= 15 is 0 Å². The molecule has 0 spiro atoms. The molecule has 3 aliphatic carbocycles. The molecule has 1 aromatic carbocycles. The van der Waals surface area contributed by atoms with E-state index in [0.717, 1.165) is 68.6 Å². The monoisotopic (exact) mass is 562 g/mol. The molecule has 6 rings (SSSR count). The third kappa shape index (κ3) is 5.74. The van der Waals surface area contributed by atoms with Crippen molar-refractivity contribution in [2.24, 2.45) is 4.99 Å². The van der Waals surface area contributed by atoms with Gasteiger partial charge in [-0.05, 0) is 104 Å². The molecule has 1 atom stereocenters. The van der Waals surface area contributed by atoms with Gasteiger partial charge in [0.1, 0.15) is 17.6 Å². The van der Waals surface area contributed by atoms with Crippen molar-refractivity contribution >= 4 is 17.4 Å². The summed E-state index contributed by atoms with van der Waals surface area (Å²) in [7, 11) is 0. The van der Waals surface area contributed by atoms with Crippen LogP contribution in [0.4, 0.5) is 10.5 Å². The Morgan fingerprint density at radius 1 is 1.07 bits per heavy atom. The lowest BCUT2D eigenvalue weighted by atomic mass is 9.83. The van der Waals surface area contributed by atoms with Crippen LogP contribution in [0.25, 0.3) is 16.9 Å². The molecule has 0 bridgehead atoms. The van der Waals surface area contributed by atoms with Crippen molar-refractivity contribution in [3.05, 3.63) is 101 Å². The van der Waals surface area contributed by atoms with Gasteiger partial charge in [0, 0.05) is 35.0 Å². The van der Waals surface area contributed by atoms with E-state index in [4.69, 9.17) is 9.15 Å². The van der Waals surface area contributed by atoms with Crippen molar-refractivity contribution in [2.45, 2.75) is 90.1 Å². The first-order chi connectivity index (χ1) is 20.4. The minimum atomic E-state index is -0.549. The normalized spacial score (nSPS) is 23.0. The minimum absolute atomic E-state index is 0.0718. The number of fused-ring (bicyclic) bond motifs is 3. The van der Waals surface area contributed by atoms with Gasteiger partial charge in [0.15, 0.2) is 0 Å². The van der Waals surface area contributed by atoms with Crippen LogP contribution in [0.5, 0.6) is 0 Å². The van der Waals surface area contributed by atoms with Gasteiger partial charge >= 0.3 is 6.09 Å². The molecule has 0 radical (unpaired) electrons. The number of anilines is 1. The summed E-state index contributed by atoms with van der Waals surface area (Å²) in [6.07, 6.45) is 17.4. The molecule has 0 N–H and O–H groups in total. The molecule has 5 aliphatic rings. The van der Waals surface area contributed by atoms with Crippen LogP contribution in [0.3, 0.4) is 0 Å². The number of hydrogen-bond acceptors (Lipinski definition) is 4. The summed E-state index contributed by atoms with van der Waals surface area (Å²) < 4.78 is 12.2. The van der Waals surface area contributed by atoms with Crippen molar-refractivity contribution in [2.75, 3.05) is 11.4 Å². The number of benzene rings is 2. The highest BCUT2D eigenvalue weighted by Crippen LogP contribution is 2.48. The van der Waals surface area contributed by atoms with Crippen LogP contribution in [-0.4, -0.2) is 18.7 Å². The number of carbonyl (C=O) groups is 1. The van der Waals surface area contributed by atoms with Crippen molar-refractivity contribution in [1.29, 1.82) is 0 Å². The number of amides is 1. The molecule has 1 aromatic rings. The quantitative estimate of drug-likeness (QED) is 0.298. The zero-order valence-electron chi connectivity index (χ0n) is 25.2. The van der Waals surface area contributed by atoms with Crippen LogP contribution in [0.1, 0.15) is 89.0 Å². The Balaban J connectivity index is 1.31. The molecule has 5 nitrogen and oxygen atoms in total. The first-order valence-electron chi connectivity index (χ1n) is 15.7. The van der Waals surface area contributed by atoms with Gasteiger partial charge in [-0.25, -0.2) is 4.79 Å². The van der Waals surface area contributed by atoms with E-state index in [-0.39, 0.29) is 11.5 Å². The summed E-state index contributed by atoms with van der Waals surface area (Å²) in [6.45, 7) is 7.87. The maximum atomic E-state index is 12.6. The van der Waals surface area contributed by atoms with Gasteiger partial charge < -0.3 is 14.1 Å². The zero-order chi connectivity index (χ0) is 29.1. The van der Waals surface area contributed by atoms with Crippen LogP contribution in [0.2, 0.25) is 0 Å². The number of hydrogen-bond donors (Lipinski definition) is 0. The lowest BCUT2D eigenvalue weighted by Gasteiger charge is -2.27. The smallest absolute Gasteiger partial charge is 0.434 e. The molecule has 0 unspecified atom stereocenters. The molecule has 2 aliphatic heterocycles. The Hall–Kier alpha value is -3.86. The number of rotatable bonds is 4. The summed E-state index contributed by atoms with van der Waals surface area (Å²) in [4.78, 5) is 19.4. The SMILES string of the molecule is CCCN1/C(=C/C=C2\CCCc3cc4cc/c(=N\C(=O)O[C@@H]5/C=C/CCCCC5)cc-4oc32)C(C)(C)c2ccccc21. The molecule has 218 valence electrons. The minimum Gasteiger partial charge on any atom is -0.456 e. The van der Waals surface area contributed by atoms with Crippen LogP contribution in [0, 0.1) is 0 Å². The molecule has 0 fully saturated rings. The average Bonchev–Trinajstić information content (AvgIpc) is 3.18. The number of allylic oxidation sites excluding steroid dienone is 5. The second-order valence-electron chi connectivity index (χ2n) is 12.3. The van der Waals surface area contributed by atoms with Crippen molar-refractivity contribution in [3.63, 3.8) is 0 Å². The first-order valence-corrected chi connectivity index (χ1v) is 15.7. The van der Waals surface area contributed by atoms with E-state index < -0.39 is 6.09 Å². The highest BCUT2D eigenvalue weighted by atomic mass is 16.6. The highest BCUT2D eigenvalue weighted by molar-refractivity contribution is 5.75. The predicted octanol–water partition coefficient (Wildman–Crippen LogP) is 9.12. The van der Waals surface area contributed by atoms with Crippen LogP contribution in [-0.2, 0) is 16.6 Å². The van der Waals surface area contributed by atoms with E-state index in [1.807, 2.05) is 24.3 Å². The molecule has 0 saturated carbocycles. The Kier molecular flexibility index (Phi) is 8.19. The third-order valence-electron chi connectivity index (χ3n) is 8.89. The second-order valence-corrected chi connectivity index (χ2v) is 12.3. The zero-order valence-corrected chi connectivity index (χ0v) is 25.2. The fourth-order valence-electron chi connectivity index (χ4n) is 6.70. The first kappa shape index (κ1) is 28.3. The lowest BCUT2D eigenvalue weighted by Crippen LogP contribution is -2.26. The summed E-state index contributed by atoms with van der Waals surface area (Å²) in [5.74, 6) is 1.68. The number of carbonyl (C=O) groups excluding carboxylic acids is 1. The van der Waals surface area contributed by atoms with Gasteiger partial charge in [-0.15, -0.1) is 0 Å².